The highest BCUT2D eigenvalue weighted by molar-refractivity contribution is 5.72. The topological polar surface area (TPSA) is 72.5 Å². The number of carboxylic acids is 1. The Morgan fingerprint density at radius 2 is 1.87 bits per heavy atom. The Hall–Kier alpha value is -0.610. The van der Waals surface area contributed by atoms with Crippen molar-refractivity contribution in [3.8, 4) is 0 Å². The van der Waals surface area contributed by atoms with Crippen LogP contribution in [0.4, 0.5) is 0 Å². The zero-order valence-corrected chi connectivity index (χ0v) is 10.1. The Kier molecular flexibility index (Phi) is 6.52. The average Bonchev–Trinajstić information content (AvgIpc) is 2.00. The predicted molar refractivity (Wildman–Crippen MR) is 59.6 cm³/mol. The lowest BCUT2D eigenvalue weighted by molar-refractivity contribution is -0.153. The summed E-state index contributed by atoms with van der Waals surface area (Å²) in [4.78, 5) is 10.8. The van der Waals surface area contributed by atoms with Crippen molar-refractivity contribution in [2.75, 3.05) is 6.61 Å². The molecule has 0 aromatic rings. The molecule has 0 spiro atoms. The molecule has 4 nitrogen and oxygen atoms in total. The molecule has 3 N–H and O–H groups in total. The first kappa shape index (κ1) is 14.4. The van der Waals surface area contributed by atoms with Crippen LogP contribution in [0, 0.1) is 11.8 Å². The van der Waals surface area contributed by atoms with E-state index in [1.54, 1.807) is 0 Å². The molecule has 0 bridgehead atoms. The summed E-state index contributed by atoms with van der Waals surface area (Å²) in [6.07, 6.45) is 0.105. The second-order valence-corrected chi connectivity index (χ2v) is 4.73. The third-order valence-electron chi connectivity index (χ3n) is 2.11. The molecular formula is C11H23NO3. The third-order valence-corrected chi connectivity index (χ3v) is 2.11. The average molecular weight is 217 g/mol. The number of nitrogens with two attached hydrogens (primary N) is 1. The Labute approximate surface area is 91.8 Å². The van der Waals surface area contributed by atoms with Gasteiger partial charge in [0.2, 0.25) is 0 Å². The van der Waals surface area contributed by atoms with Gasteiger partial charge in [-0.05, 0) is 18.3 Å². The first-order valence-electron chi connectivity index (χ1n) is 5.44. The molecule has 90 valence electrons. The van der Waals surface area contributed by atoms with E-state index in [0.29, 0.717) is 12.5 Å². The second-order valence-electron chi connectivity index (χ2n) is 4.73. The maximum atomic E-state index is 10.8. The van der Waals surface area contributed by atoms with Crippen molar-refractivity contribution in [3.63, 3.8) is 0 Å². The van der Waals surface area contributed by atoms with Crippen molar-refractivity contribution in [3.05, 3.63) is 0 Å². The summed E-state index contributed by atoms with van der Waals surface area (Å²) in [5.74, 6) is -0.443. The number of rotatable bonds is 7. The van der Waals surface area contributed by atoms with Gasteiger partial charge in [-0.25, -0.2) is 4.79 Å². The Bertz CT molecular complexity index is 192. The monoisotopic (exact) mass is 217 g/mol. The molecule has 0 fully saturated rings. The summed E-state index contributed by atoms with van der Waals surface area (Å²) in [6, 6.07) is -0.0781. The van der Waals surface area contributed by atoms with E-state index in [2.05, 4.69) is 13.8 Å². The minimum Gasteiger partial charge on any atom is -0.479 e. The van der Waals surface area contributed by atoms with Crippen molar-refractivity contribution in [1.82, 2.24) is 0 Å². The zero-order valence-electron chi connectivity index (χ0n) is 10.1. The first-order valence-corrected chi connectivity index (χ1v) is 5.44. The minimum atomic E-state index is -0.915. The van der Waals surface area contributed by atoms with Gasteiger partial charge in [0, 0.05) is 6.04 Å². The van der Waals surface area contributed by atoms with Gasteiger partial charge < -0.3 is 15.6 Å². The summed E-state index contributed by atoms with van der Waals surface area (Å²) < 4.78 is 5.30. The molecule has 0 aromatic carbocycles. The maximum absolute atomic E-state index is 10.8. The number of carboxylic acid groups (broad SMARTS) is 1. The molecule has 0 aromatic heterocycles. The lowest BCUT2D eigenvalue weighted by Gasteiger charge is -2.20. The van der Waals surface area contributed by atoms with Gasteiger partial charge in [-0.2, -0.15) is 0 Å². The van der Waals surface area contributed by atoms with Crippen LogP contribution in [-0.4, -0.2) is 29.8 Å². The Morgan fingerprint density at radius 3 is 2.20 bits per heavy atom. The van der Waals surface area contributed by atoms with Crippen molar-refractivity contribution in [2.45, 2.75) is 46.3 Å². The van der Waals surface area contributed by atoms with Crippen LogP contribution in [0.5, 0.6) is 0 Å². The van der Waals surface area contributed by atoms with Gasteiger partial charge >= 0.3 is 5.97 Å². The quantitative estimate of drug-likeness (QED) is 0.677. The molecule has 0 saturated carbocycles. The molecule has 2 atom stereocenters. The largest absolute Gasteiger partial charge is 0.479 e. The highest BCUT2D eigenvalue weighted by atomic mass is 16.5. The fourth-order valence-electron chi connectivity index (χ4n) is 1.45. The number of ether oxygens (including phenoxy) is 1. The van der Waals surface area contributed by atoms with Crippen LogP contribution in [0.2, 0.25) is 0 Å². The molecule has 0 saturated heterocycles. The van der Waals surface area contributed by atoms with Crippen LogP contribution in [0.25, 0.3) is 0 Å². The molecule has 0 radical (unpaired) electrons. The lowest BCUT2D eigenvalue weighted by Crippen LogP contribution is -2.36. The van der Waals surface area contributed by atoms with Crippen LogP contribution in [0.3, 0.4) is 0 Å². The van der Waals surface area contributed by atoms with E-state index in [0.717, 1.165) is 6.42 Å². The normalized spacial score (nSPS) is 15.7. The van der Waals surface area contributed by atoms with Crippen molar-refractivity contribution in [2.24, 2.45) is 17.6 Å². The third kappa shape index (κ3) is 6.47. The summed E-state index contributed by atoms with van der Waals surface area (Å²) >= 11 is 0. The summed E-state index contributed by atoms with van der Waals surface area (Å²) in [5.41, 5.74) is 5.81. The highest BCUT2D eigenvalue weighted by Gasteiger charge is 2.22. The van der Waals surface area contributed by atoms with Crippen molar-refractivity contribution in [1.29, 1.82) is 0 Å². The zero-order chi connectivity index (χ0) is 12.0. The SMILES string of the molecule is CC(C)C[C@H](N)CO[C@H](C(=O)O)C(C)C. The van der Waals surface area contributed by atoms with Gasteiger partial charge in [-0.3, -0.25) is 0 Å². The van der Waals surface area contributed by atoms with Crippen LogP contribution >= 0.6 is 0 Å². The van der Waals surface area contributed by atoms with Crippen LogP contribution in [0.15, 0.2) is 0 Å². The van der Waals surface area contributed by atoms with Gasteiger partial charge in [-0.1, -0.05) is 27.7 Å². The fourth-order valence-corrected chi connectivity index (χ4v) is 1.45. The molecule has 0 aliphatic heterocycles. The van der Waals surface area contributed by atoms with E-state index in [9.17, 15) is 4.79 Å². The minimum absolute atomic E-state index is 0.0336. The maximum Gasteiger partial charge on any atom is 0.333 e. The fraction of sp³-hybridized carbons (Fsp3) is 0.909. The molecule has 0 unspecified atom stereocenters. The number of hydrogen-bond acceptors (Lipinski definition) is 3. The van der Waals surface area contributed by atoms with Crippen molar-refractivity contribution >= 4 is 5.97 Å². The van der Waals surface area contributed by atoms with E-state index < -0.39 is 12.1 Å². The van der Waals surface area contributed by atoms with Crippen LogP contribution in [0.1, 0.15) is 34.1 Å². The number of aliphatic carboxylic acids is 1. The van der Waals surface area contributed by atoms with E-state index in [1.165, 1.54) is 0 Å². The molecule has 15 heavy (non-hydrogen) atoms. The smallest absolute Gasteiger partial charge is 0.333 e. The van der Waals surface area contributed by atoms with Crippen LogP contribution in [-0.2, 0) is 9.53 Å². The molecule has 0 aliphatic rings. The Morgan fingerprint density at radius 1 is 1.33 bits per heavy atom. The molecular weight excluding hydrogens is 194 g/mol. The standard InChI is InChI=1S/C11H23NO3/c1-7(2)5-9(12)6-15-10(8(3)4)11(13)14/h7-10H,5-6,12H2,1-4H3,(H,13,14)/t9-,10-/m0/s1. The molecule has 0 rings (SSSR count). The first-order chi connectivity index (χ1) is 6.84. The Balaban J connectivity index is 3.94. The van der Waals surface area contributed by atoms with E-state index in [1.807, 2.05) is 13.8 Å². The molecule has 4 heteroatoms. The van der Waals surface area contributed by atoms with Gasteiger partial charge in [0.05, 0.1) is 6.61 Å². The summed E-state index contributed by atoms with van der Waals surface area (Å²) in [6.45, 7) is 8.13. The summed E-state index contributed by atoms with van der Waals surface area (Å²) in [5, 5.41) is 8.87. The molecule has 0 aliphatic carbocycles. The van der Waals surface area contributed by atoms with Crippen LogP contribution < -0.4 is 5.73 Å². The van der Waals surface area contributed by atoms with Gasteiger partial charge in [0.15, 0.2) is 6.10 Å². The van der Waals surface area contributed by atoms with Gasteiger partial charge in [0.1, 0.15) is 0 Å². The predicted octanol–water partition coefficient (Wildman–Crippen LogP) is 1.49. The highest BCUT2D eigenvalue weighted by Crippen LogP contribution is 2.09. The number of hydrogen-bond donors (Lipinski definition) is 2. The molecule has 0 heterocycles. The van der Waals surface area contributed by atoms with E-state index in [-0.39, 0.29) is 12.0 Å². The second kappa shape index (κ2) is 6.80. The van der Waals surface area contributed by atoms with Gasteiger partial charge in [0.25, 0.3) is 0 Å². The summed E-state index contributed by atoms with van der Waals surface area (Å²) in [7, 11) is 0. The van der Waals surface area contributed by atoms with Gasteiger partial charge in [-0.15, -0.1) is 0 Å². The number of carbonyl (C=O) groups is 1. The van der Waals surface area contributed by atoms with E-state index in [4.69, 9.17) is 15.6 Å². The molecule has 0 amide bonds. The van der Waals surface area contributed by atoms with E-state index >= 15 is 0 Å². The van der Waals surface area contributed by atoms with Crippen molar-refractivity contribution < 1.29 is 14.6 Å². The lowest BCUT2D eigenvalue weighted by atomic mass is 10.0.